The van der Waals surface area contributed by atoms with Crippen LogP contribution in [0.4, 0.5) is 0 Å². The Bertz CT molecular complexity index is 403. The zero-order valence-corrected chi connectivity index (χ0v) is 10.2. The van der Waals surface area contributed by atoms with Gasteiger partial charge >= 0.3 is 0 Å². The summed E-state index contributed by atoms with van der Waals surface area (Å²) in [7, 11) is 1.64. The quantitative estimate of drug-likeness (QED) is 0.685. The van der Waals surface area contributed by atoms with Crippen LogP contribution in [0.15, 0.2) is 24.3 Å². The molecule has 3 N–H and O–H groups in total. The van der Waals surface area contributed by atoms with Crippen LogP contribution in [-0.4, -0.2) is 17.3 Å². The van der Waals surface area contributed by atoms with Gasteiger partial charge < -0.3 is 20.7 Å². The molecule has 0 radical (unpaired) electrons. The van der Waals surface area contributed by atoms with E-state index in [1.165, 1.54) is 0 Å². The molecule has 1 aromatic carbocycles. The first-order chi connectivity index (χ1) is 7.69. The molecule has 2 rings (SSSR count). The number of benzene rings is 1. The van der Waals surface area contributed by atoms with E-state index in [4.69, 9.17) is 29.2 Å². The summed E-state index contributed by atoms with van der Waals surface area (Å²) < 4.78 is 5.09. The van der Waals surface area contributed by atoms with Gasteiger partial charge in [0.05, 0.1) is 7.11 Å². The van der Waals surface area contributed by atoms with E-state index >= 15 is 0 Å². The summed E-state index contributed by atoms with van der Waals surface area (Å²) >= 11 is 10.1. The summed E-state index contributed by atoms with van der Waals surface area (Å²) in [5, 5.41) is 10.0. The van der Waals surface area contributed by atoms with Crippen LogP contribution in [0, 0.1) is 0 Å². The van der Waals surface area contributed by atoms with Crippen LogP contribution < -0.4 is 20.7 Å². The lowest BCUT2D eigenvalue weighted by molar-refractivity contribution is 0.414. The third-order valence-electron chi connectivity index (χ3n) is 2.23. The van der Waals surface area contributed by atoms with Gasteiger partial charge in [-0.2, -0.15) is 0 Å². The number of rotatable bonds is 2. The summed E-state index contributed by atoms with van der Waals surface area (Å²) in [5.41, 5.74) is 1.05. The lowest BCUT2D eigenvalue weighted by Gasteiger charge is -2.29. The maximum Gasteiger partial charge on any atom is 0.174 e. The Hall–Kier alpha value is -1.40. The van der Waals surface area contributed by atoms with Gasteiger partial charge in [-0.3, -0.25) is 0 Å². The van der Waals surface area contributed by atoms with Crippen molar-refractivity contribution in [1.82, 2.24) is 16.0 Å². The van der Waals surface area contributed by atoms with Crippen molar-refractivity contribution in [2.45, 2.75) is 6.17 Å². The molecule has 1 saturated heterocycles. The van der Waals surface area contributed by atoms with Crippen molar-refractivity contribution >= 4 is 34.7 Å². The molecule has 16 heavy (non-hydrogen) atoms. The van der Waals surface area contributed by atoms with Gasteiger partial charge in [-0.15, -0.1) is 0 Å². The minimum atomic E-state index is -0.0906. The van der Waals surface area contributed by atoms with Crippen LogP contribution in [0.1, 0.15) is 11.7 Å². The molecule has 0 atom stereocenters. The SMILES string of the molecule is COc1ccc(C2NC(=S)NC(=S)N2)cc1. The van der Waals surface area contributed by atoms with Gasteiger partial charge in [0.2, 0.25) is 0 Å². The van der Waals surface area contributed by atoms with E-state index in [9.17, 15) is 0 Å². The van der Waals surface area contributed by atoms with E-state index in [1.807, 2.05) is 24.3 Å². The van der Waals surface area contributed by atoms with Gasteiger partial charge in [0, 0.05) is 0 Å². The Labute approximate surface area is 104 Å². The standard InChI is InChI=1S/C10H11N3OS2/c1-14-7-4-2-6(3-5-7)8-11-9(15)13-10(16)12-8/h2-5,8H,1H3,(H3,11,12,13,15,16). The van der Waals surface area contributed by atoms with E-state index < -0.39 is 0 Å². The molecule has 0 amide bonds. The van der Waals surface area contributed by atoms with Crippen molar-refractivity contribution in [3.63, 3.8) is 0 Å². The zero-order valence-electron chi connectivity index (χ0n) is 8.61. The smallest absolute Gasteiger partial charge is 0.174 e. The molecule has 1 aliphatic heterocycles. The highest BCUT2D eigenvalue weighted by atomic mass is 32.1. The fourth-order valence-corrected chi connectivity index (χ4v) is 1.94. The van der Waals surface area contributed by atoms with Crippen LogP contribution >= 0.6 is 24.4 Å². The minimum absolute atomic E-state index is 0.0906. The molecule has 4 nitrogen and oxygen atoms in total. The monoisotopic (exact) mass is 253 g/mol. The first-order valence-electron chi connectivity index (χ1n) is 4.71. The molecule has 1 fully saturated rings. The number of hydrogen-bond donors (Lipinski definition) is 3. The molecule has 0 spiro atoms. The number of methoxy groups -OCH3 is 1. The number of nitrogens with one attached hydrogen (secondary N) is 3. The number of hydrogen-bond acceptors (Lipinski definition) is 3. The van der Waals surface area contributed by atoms with Gasteiger partial charge in [0.25, 0.3) is 0 Å². The maximum absolute atomic E-state index is 5.09. The topological polar surface area (TPSA) is 45.3 Å². The predicted molar refractivity (Wildman–Crippen MR) is 70.3 cm³/mol. The van der Waals surface area contributed by atoms with Crippen molar-refractivity contribution in [3.8, 4) is 5.75 Å². The molecule has 1 aromatic rings. The minimum Gasteiger partial charge on any atom is -0.497 e. The van der Waals surface area contributed by atoms with E-state index in [1.54, 1.807) is 7.11 Å². The first-order valence-corrected chi connectivity index (χ1v) is 5.52. The molecule has 0 aliphatic carbocycles. The average molecular weight is 253 g/mol. The van der Waals surface area contributed by atoms with Gasteiger partial charge in [0.1, 0.15) is 11.9 Å². The first kappa shape index (κ1) is 11.1. The predicted octanol–water partition coefficient (Wildman–Crippen LogP) is 1.05. The van der Waals surface area contributed by atoms with Gasteiger partial charge in [-0.25, -0.2) is 0 Å². The average Bonchev–Trinajstić information content (AvgIpc) is 2.28. The van der Waals surface area contributed by atoms with Crippen LogP contribution in [0.5, 0.6) is 5.75 Å². The second-order valence-corrected chi connectivity index (χ2v) is 4.09. The second-order valence-electron chi connectivity index (χ2n) is 3.28. The summed E-state index contributed by atoms with van der Waals surface area (Å²) in [6.45, 7) is 0. The summed E-state index contributed by atoms with van der Waals surface area (Å²) in [4.78, 5) is 0. The molecule has 0 bridgehead atoms. The van der Waals surface area contributed by atoms with Crippen molar-refractivity contribution < 1.29 is 4.74 Å². The molecular weight excluding hydrogens is 242 g/mol. The van der Waals surface area contributed by atoms with Gasteiger partial charge in [-0.05, 0) is 42.1 Å². The molecule has 1 heterocycles. The normalized spacial score (nSPS) is 16.1. The molecule has 84 valence electrons. The Morgan fingerprint density at radius 3 is 2.12 bits per heavy atom. The lowest BCUT2D eigenvalue weighted by Crippen LogP contribution is -2.56. The van der Waals surface area contributed by atoms with Crippen LogP contribution in [0.25, 0.3) is 0 Å². The summed E-state index contributed by atoms with van der Waals surface area (Å²) in [6, 6.07) is 7.71. The molecule has 1 aliphatic rings. The van der Waals surface area contributed by atoms with Crippen LogP contribution in [0.2, 0.25) is 0 Å². The summed E-state index contributed by atoms with van der Waals surface area (Å²) in [5.74, 6) is 0.822. The Morgan fingerprint density at radius 2 is 1.62 bits per heavy atom. The Kier molecular flexibility index (Phi) is 3.21. The highest BCUT2D eigenvalue weighted by Crippen LogP contribution is 2.16. The molecule has 6 heteroatoms. The van der Waals surface area contributed by atoms with E-state index in [0.29, 0.717) is 10.2 Å². The number of ether oxygens (including phenoxy) is 1. The van der Waals surface area contributed by atoms with Crippen molar-refractivity contribution in [2.24, 2.45) is 0 Å². The third-order valence-corrected chi connectivity index (χ3v) is 2.67. The molecule has 0 unspecified atom stereocenters. The summed E-state index contributed by atoms with van der Waals surface area (Å²) in [6.07, 6.45) is -0.0906. The fourth-order valence-electron chi connectivity index (χ4n) is 1.44. The van der Waals surface area contributed by atoms with Crippen LogP contribution in [0.3, 0.4) is 0 Å². The fraction of sp³-hybridized carbons (Fsp3) is 0.200. The molecular formula is C10H11N3OS2. The van der Waals surface area contributed by atoms with Crippen LogP contribution in [-0.2, 0) is 0 Å². The maximum atomic E-state index is 5.09. The van der Waals surface area contributed by atoms with E-state index in [0.717, 1.165) is 11.3 Å². The highest BCUT2D eigenvalue weighted by Gasteiger charge is 2.18. The van der Waals surface area contributed by atoms with Crippen molar-refractivity contribution in [1.29, 1.82) is 0 Å². The van der Waals surface area contributed by atoms with Gasteiger partial charge in [-0.1, -0.05) is 12.1 Å². The highest BCUT2D eigenvalue weighted by molar-refractivity contribution is 7.81. The lowest BCUT2D eigenvalue weighted by atomic mass is 10.1. The molecule has 0 aromatic heterocycles. The zero-order chi connectivity index (χ0) is 11.5. The van der Waals surface area contributed by atoms with Gasteiger partial charge in [0.15, 0.2) is 10.2 Å². The Morgan fingerprint density at radius 1 is 1.06 bits per heavy atom. The van der Waals surface area contributed by atoms with Crippen molar-refractivity contribution in [2.75, 3.05) is 7.11 Å². The Balaban J connectivity index is 2.16. The van der Waals surface area contributed by atoms with E-state index in [2.05, 4.69) is 16.0 Å². The molecule has 0 saturated carbocycles. The van der Waals surface area contributed by atoms with Crippen molar-refractivity contribution in [3.05, 3.63) is 29.8 Å². The third kappa shape index (κ3) is 2.40. The largest absolute Gasteiger partial charge is 0.497 e. The number of thiocarbonyl (C=S) groups is 2. The second kappa shape index (κ2) is 4.63. The van der Waals surface area contributed by atoms with E-state index in [-0.39, 0.29) is 6.17 Å².